The Hall–Kier alpha value is -1.27. The van der Waals surface area contributed by atoms with Gasteiger partial charge in [0, 0.05) is 44.2 Å². The smallest absolute Gasteiger partial charge is 0.213 e. The van der Waals surface area contributed by atoms with Crippen LogP contribution in [0.3, 0.4) is 0 Å². The number of halogens is 1. The molecule has 10 heteroatoms. The van der Waals surface area contributed by atoms with Crippen LogP contribution in [0.15, 0.2) is 17.1 Å². The molecule has 1 aromatic rings. The third kappa shape index (κ3) is 7.67. The molecule has 31 heavy (non-hydrogen) atoms. The molecule has 0 aromatic heterocycles. The molecule has 1 atom stereocenters. The average Bonchev–Trinajstić information content (AvgIpc) is 3.02. The van der Waals surface area contributed by atoms with E-state index in [9.17, 15) is 8.42 Å². The molecule has 8 nitrogen and oxygen atoms in total. The van der Waals surface area contributed by atoms with Gasteiger partial charge < -0.3 is 20.1 Å². The lowest BCUT2D eigenvalue weighted by Crippen LogP contribution is -2.41. The van der Waals surface area contributed by atoms with Crippen LogP contribution in [-0.2, 0) is 23.0 Å². The normalized spacial score (nSPS) is 18.4. The molecule has 3 N–H and O–H groups in total. The molecule has 0 bridgehead atoms. The van der Waals surface area contributed by atoms with Gasteiger partial charge in [-0.3, -0.25) is 4.99 Å². The lowest BCUT2D eigenvalue weighted by Gasteiger charge is -2.25. The number of benzene rings is 1. The van der Waals surface area contributed by atoms with Crippen molar-refractivity contribution in [3.63, 3.8) is 0 Å². The number of hydrogen-bond donors (Lipinski definition) is 3. The van der Waals surface area contributed by atoms with E-state index in [0.29, 0.717) is 31.6 Å². The summed E-state index contributed by atoms with van der Waals surface area (Å²) in [6.45, 7) is 5.92. The zero-order valence-electron chi connectivity index (χ0n) is 18.6. The Kier molecular flexibility index (Phi) is 10.1. The van der Waals surface area contributed by atoms with E-state index in [4.69, 9.17) is 9.47 Å². The molecule has 1 fully saturated rings. The van der Waals surface area contributed by atoms with E-state index in [1.54, 1.807) is 7.05 Å². The number of ether oxygens (including phenoxy) is 2. The first-order chi connectivity index (χ1) is 14.4. The van der Waals surface area contributed by atoms with Gasteiger partial charge in [0.25, 0.3) is 0 Å². The number of guanidine groups is 1. The van der Waals surface area contributed by atoms with Crippen molar-refractivity contribution in [1.82, 2.24) is 15.4 Å². The summed E-state index contributed by atoms with van der Waals surface area (Å²) < 4.78 is 38.6. The molecule has 0 spiro atoms. The number of fused-ring (bicyclic) bond motifs is 1. The Morgan fingerprint density at radius 2 is 2.06 bits per heavy atom. The zero-order chi connectivity index (χ0) is 21.6. The van der Waals surface area contributed by atoms with Crippen molar-refractivity contribution < 1.29 is 17.9 Å². The van der Waals surface area contributed by atoms with E-state index in [1.165, 1.54) is 6.42 Å². The summed E-state index contributed by atoms with van der Waals surface area (Å²) in [5, 5.41) is 6.30. The van der Waals surface area contributed by atoms with Crippen LogP contribution in [0.2, 0.25) is 0 Å². The maximum absolute atomic E-state index is 12.1. The number of sulfonamides is 1. The first-order valence-corrected chi connectivity index (χ1v) is 12.4. The van der Waals surface area contributed by atoms with E-state index in [2.05, 4.69) is 33.3 Å². The molecular weight excluding hydrogens is 531 g/mol. The van der Waals surface area contributed by atoms with Crippen LogP contribution in [0, 0.1) is 5.92 Å². The van der Waals surface area contributed by atoms with Crippen LogP contribution >= 0.6 is 24.0 Å². The Balaban J connectivity index is 0.00000341. The maximum Gasteiger partial charge on any atom is 0.213 e. The number of rotatable bonds is 10. The highest BCUT2D eigenvalue weighted by Crippen LogP contribution is 2.35. The van der Waals surface area contributed by atoms with Crippen LogP contribution in [0.1, 0.15) is 44.2 Å². The minimum absolute atomic E-state index is 0. The first-order valence-electron chi connectivity index (χ1n) is 10.8. The topological polar surface area (TPSA) is 101 Å². The molecule has 1 aromatic carbocycles. The second-order valence-electron chi connectivity index (χ2n) is 7.95. The first kappa shape index (κ1) is 26.0. The van der Waals surface area contributed by atoms with E-state index in [0.717, 1.165) is 41.9 Å². The van der Waals surface area contributed by atoms with Gasteiger partial charge >= 0.3 is 0 Å². The molecule has 3 rings (SSSR count). The monoisotopic (exact) mass is 566 g/mol. The third-order valence-corrected chi connectivity index (χ3v) is 6.88. The molecule has 1 unspecified atom stereocenters. The second-order valence-corrected chi connectivity index (χ2v) is 9.88. The molecule has 0 saturated heterocycles. The minimum atomic E-state index is -3.28. The fourth-order valence-electron chi connectivity index (χ4n) is 3.63. The fourth-order valence-corrected chi connectivity index (χ4v) is 4.63. The zero-order valence-corrected chi connectivity index (χ0v) is 21.7. The quantitative estimate of drug-likeness (QED) is 0.229. The molecule has 1 aliphatic heterocycles. The second kappa shape index (κ2) is 12.1. The van der Waals surface area contributed by atoms with Gasteiger partial charge in [-0.15, -0.1) is 24.0 Å². The highest BCUT2D eigenvalue weighted by atomic mass is 127. The van der Waals surface area contributed by atoms with Crippen molar-refractivity contribution >= 4 is 40.0 Å². The van der Waals surface area contributed by atoms with Crippen LogP contribution < -0.4 is 24.8 Å². The van der Waals surface area contributed by atoms with Gasteiger partial charge in [0.2, 0.25) is 10.0 Å². The van der Waals surface area contributed by atoms with E-state index in [-0.39, 0.29) is 42.4 Å². The molecule has 1 heterocycles. The predicted octanol–water partition coefficient (Wildman–Crippen LogP) is 2.41. The Labute approximate surface area is 203 Å². The summed E-state index contributed by atoms with van der Waals surface area (Å²) in [5.74, 6) is 2.78. The van der Waals surface area contributed by atoms with Crippen LogP contribution in [-0.4, -0.2) is 53.0 Å². The molecule has 0 amide bonds. The summed E-state index contributed by atoms with van der Waals surface area (Å²) in [6.07, 6.45) is 4.50. The summed E-state index contributed by atoms with van der Waals surface area (Å²) in [4.78, 5) is 4.19. The van der Waals surface area contributed by atoms with Gasteiger partial charge in [-0.05, 0) is 44.7 Å². The van der Waals surface area contributed by atoms with Gasteiger partial charge in [0.15, 0.2) is 5.96 Å². The van der Waals surface area contributed by atoms with Crippen LogP contribution in [0.4, 0.5) is 0 Å². The molecule has 1 aliphatic carbocycles. The highest BCUT2D eigenvalue weighted by molar-refractivity contribution is 14.0. The van der Waals surface area contributed by atoms with Gasteiger partial charge in [-0.1, -0.05) is 6.42 Å². The maximum atomic E-state index is 12.1. The number of aliphatic imine (C=N–C) groups is 1. The van der Waals surface area contributed by atoms with Crippen molar-refractivity contribution in [3.8, 4) is 11.5 Å². The standard InChI is InChI=1S/C21H34N4O4S.HI/c1-4-28-19-11-17-10-15(2)29-20(17)12-18(19)14-24-21(22-3)23-8-9-30(26,27)25-13-16-6-5-7-16;/h11-12,15-16,25H,4-10,13-14H2,1-3H3,(H2,22,23,24);1H. The van der Waals surface area contributed by atoms with Gasteiger partial charge in [-0.2, -0.15) is 0 Å². The SMILES string of the molecule is CCOc1cc2c(cc1CNC(=NC)NCCS(=O)(=O)NCC1CCC1)OC(C)C2.I. The number of nitrogens with one attached hydrogen (secondary N) is 3. The summed E-state index contributed by atoms with van der Waals surface area (Å²) in [7, 11) is -1.62. The van der Waals surface area contributed by atoms with Crippen LogP contribution in [0.25, 0.3) is 0 Å². The average molecular weight is 567 g/mol. The molecule has 176 valence electrons. The number of hydrogen-bond acceptors (Lipinski definition) is 5. The van der Waals surface area contributed by atoms with E-state index < -0.39 is 10.0 Å². The predicted molar refractivity (Wildman–Crippen MR) is 134 cm³/mol. The Bertz CT molecular complexity index is 859. The van der Waals surface area contributed by atoms with E-state index in [1.807, 2.05) is 13.0 Å². The summed E-state index contributed by atoms with van der Waals surface area (Å²) in [5.41, 5.74) is 2.14. The van der Waals surface area contributed by atoms with Crippen molar-refractivity contribution in [1.29, 1.82) is 0 Å². The van der Waals surface area contributed by atoms with Gasteiger partial charge in [-0.25, -0.2) is 13.1 Å². The van der Waals surface area contributed by atoms with Crippen molar-refractivity contribution in [3.05, 3.63) is 23.3 Å². The Morgan fingerprint density at radius 1 is 1.29 bits per heavy atom. The fraction of sp³-hybridized carbons (Fsp3) is 0.667. The molecule has 0 radical (unpaired) electrons. The molecule has 2 aliphatic rings. The lowest BCUT2D eigenvalue weighted by molar-refractivity contribution is 0.254. The third-order valence-electron chi connectivity index (χ3n) is 5.53. The van der Waals surface area contributed by atoms with Crippen molar-refractivity contribution in [2.45, 2.75) is 52.2 Å². The van der Waals surface area contributed by atoms with Gasteiger partial charge in [0.05, 0.1) is 12.4 Å². The summed E-state index contributed by atoms with van der Waals surface area (Å²) >= 11 is 0. The van der Waals surface area contributed by atoms with Crippen LogP contribution in [0.5, 0.6) is 11.5 Å². The minimum Gasteiger partial charge on any atom is -0.494 e. The van der Waals surface area contributed by atoms with E-state index >= 15 is 0 Å². The van der Waals surface area contributed by atoms with Gasteiger partial charge in [0.1, 0.15) is 17.6 Å². The lowest BCUT2D eigenvalue weighted by atomic mass is 9.86. The molecular formula is C21H35IN4O4S. The Morgan fingerprint density at radius 3 is 2.71 bits per heavy atom. The molecule has 1 saturated carbocycles. The van der Waals surface area contributed by atoms with Crippen molar-refractivity contribution in [2.24, 2.45) is 10.9 Å². The largest absolute Gasteiger partial charge is 0.494 e. The highest BCUT2D eigenvalue weighted by Gasteiger charge is 2.22. The van der Waals surface area contributed by atoms with Crippen molar-refractivity contribution in [2.75, 3.05) is 32.5 Å². The number of nitrogens with zero attached hydrogens (tertiary/aromatic N) is 1. The summed E-state index contributed by atoms with van der Waals surface area (Å²) in [6, 6.07) is 4.06.